The maximum Gasteiger partial charge on any atom is 0.257 e. The number of carbonyl (C=O) groups excluding carboxylic acids is 3. The summed E-state index contributed by atoms with van der Waals surface area (Å²) in [6.07, 6.45) is 3.95. The standard InChI is InChI=1S/C25H29F2N3O3/c1-15(2)22(30-24(32)21-19(26)11-6-12-20(21)27)25(33)28-14-16-7-5-10-18(13-16)29-23(31)17-8-3-4-9-17/h5-7,10-13,15,17,22H,3-4,8-9,14H2,1-2H3,(H,28,33)(H,29,31)(H,30,32). The molecule has 6 nitrogen and oxygen atoms in total. The van der Waals surface area contributed by atoms with E-state index in [1.807, 2.05) is 6.07 Å². The fourth-order valence-corrected chi connectivity index (χ4v) is 3.95. The maximum absolute atomic E-state index is 13.9. The van der Waals surface area contributed by atoms with Gasteiger partial charge in [-0.15, -0.1) is 0 Å². The predicted molar refractivity (Wildman–Crippen MR) is 121 cm³/mol. The van der Waals surface area contributed by atoms with Crippen molar-refractivity contribution in [1.82, 2.24) is 10.6 Å². The number of benzene rings is 2. The third-order valence-electron chi connectivity index (χ3n) is 5.81. The Morgan fingerprint density at radius 2 is 1.64 bits per heavy atom. The quantitative estimate of drug-likeness (QED) is 0.556. The van der Waals surface area contributed by atoms with Crippen LogP contribution in [-0.4, -0.2) is 23.8 Å². The number of halogens is 2. The molecular weight excluding hydrogens is 428 g/mol. The summed E-state index contributed by atoms with van der Waals surface area (Å²) in [6, 6.07) is 9.32. The molecule has 0 bridgehead atoms. The molecule has 3 amide bonds. The highest BCUT2D eigenvalue weighted by Gasteiger charge is 2.27. The lowest BCUT2D eigenvalue weighted by Crippen LogP contribution is -2.49. The zero-order chi connectivity index (χ0) is 24.0. The Morgan fingerprint density at radius 1 is 1.00 bits per heavy atom. The fraction of sp³-hybridized carbons (Fsp3) is 0.400. The van der Waals surface area contributed by atoms with Gasteiger partial charge in [-0.3, -0.25) is 14.4 Å². The van der Waals surface area contributed by atoms with Crippen molar-refractivity contribution in [3.05, 3.63) is 65.2 Å². The third kappa shape index (κ3) is 6.37. The molecule has 1 atom stereocenters. The summed E-state index contributed by atoms with van der Waals surface area (Å²) < 4.78 is 27.8. The smallest absolute Gasteiger partial charge is 0.257 e. The topological polar surface area (TPSA) is 87.3 Å². The number of hydrogen-bond donors (Lipinski definition) is 3. The normalized spacial score (nSPS) is 14.7. The van der Waals surface area contributed by atoms with Gasteiger partial charge in [-0.2, -0.15) is 0 Å². The van der Waals surface area contributed by atoms with E-state index in [9.17, 15) is 23.2 Å². The Bertz CT molecular complexity index is 999. The Morgan fingerprint density at radius 3 is 2.27 bits per heavy atom. The fourth-order valence-electron chi connectivity index (χ4n) is 3.95. The largest absolute Gasteiger partial charge is 0.350 e. The summed E-state index contributed by atoms with van der Waals surface area (Å²) >= 11 is 0. The molecule has 0 spiro atoms. The van der Waals surface area contributed by atoms with Crippen LogP contribution in [0.25, 0.3) is 0 Å². The van der Waals surface area contributed by atoms with Crippen molar-refractivity contribution in [2.45, 2.75) is 52.1 Å². The van der Waals surface area contributed by atoms with Gasteiger partial charge < -0.3 is 16.0 Å². The molecule has 0 radical (unpaired) electrons. The van der Waals surface area contributed by atoms with E-state index in [4.69, 9.17) is 0 Å². The summed E-state index contributed by atoms with van der Waals surface area (Å²) in [7, 11) is 0. The first-order chi connectivity index (χ1) is 15.8. The van der Waals surface area contributed by atoms with Gasteiger partial charge in [0.2, 0.25) is 11.8 Å². The van der Waals surface area contributed by atoms with E-state index in [1.54, 1.807) is 32.0 Å². The van der Waals surface area contributed by atoms with Crippen molar-refractivity contribution in [2.24, 2.45) is 11.8 Å². The third-order valence-corrected chi connectivity index (χ3v) is 5.81. The Hall–Kier alpha value is -3.29. The molecule has 3 rings (SSSR count). The molecule has 2 aromatic rings. The molecule has 0 aromatic heterocycles. The van der Waals surface area contributed by atoms with Gasteiger partial charge in [-0.1, -0.05) is 44.9 Å². The molecule has 33 heavy (non-hydrogen) atoms. The zero-order valence-corrected chi connectivity index (χ0v) is 18.8. The Labute approximate surface area is 192 Å². The first-order valence-electron chi connectivity index (χ1n) is 11.2. The van der Waals surface area contributed by atoms with Crippen molar-refractivity contribution in [3.63, 3.8) is 0 Å². The number of amides is 3. The molecule has 3 N–H and O–H groups in total. The first-order valence-corrected chi connectivity index (χ1v) is 11.2. The second kappa shape index (κ2) is 11.0. The zero-order valence-electron chi connectivity index (χ0n) is 18.8. The molecule has 1 fully saturated rings. The first kappa shape index (κ1) is 24.4. The average molecular weight is 458 g/mol. The summed E-state index contributed by atoms with van der Waals surface area (Å²) in [5, 5.41) is 8.11. The van der Waals surface area contributed by atoms with E-state index >= 15 is 0 Å². The molecule has 0 saturated heterocycles. The molecule has 0 aliphatic heterocycles. The molecule has 1 saturated carbocycles. The molecule has 1 aliphatic carbocycles. The van der Waals surface area contributed by atoms with E-state index in [1.165, 1.54) is 6.07 Å². The van der Waals surface area contributed by atoms with Gasteiger partial charge >= 0.3 is 0 Å². The van der Waals surface area contributed by atoms with Crippen LogP contribution in [0.3, 0.4) is 0 Å². The summed E-state index contributed by atoms with van der Waals surface area (Å²) in [4.78, 5) is 37.5. The molecule has 1 unspecified atom stereocenters. The lowest BCUT2D eigenvalue weighted by atomic mass is 10.0. The van der Waals surface area contributed by atoms with Crippen LogP contribution in [0.5, 0.6) is 0 Å². The van der Waals surface area contributed by atoms with Gasteiger partial charge in [0.05, 0.1) is 0 Å². The van der Waals surface area contributed by atoms with E-state index in [2.05, 4.69) is 16.0 Å². The SMILES string of the molecule is CC(C)C(NC(=O)c1c(F)cccc1F)C(=O)NCc1cccc(NC(=O)C2CCCC2)c1. The van der Waals surface area contributed by atoms with Crippen LogP contribution >= 0.6 is 0 Å². The number of rotatable bonds is 8. The minimum Gasteiger partial charge on any atom is -0.350 e. The second-order valence-corrected chi connectivity index (χ2v) is 8.68. The minimum absolute atomic E-state index is 0.0108. The highest BCUT2D eigenvalue weighted by molar-refractivity contribution is 5.98. The van der Waals surface area contributed by atoms with E-state index in [0.717, 1.165) is 43.4 Å². The summed E-state index contributed by atoms with van der Waals surface area (Å²) in [6.45, 7) is 3.61. The van der Waals surface area contributed by atoms with Crippen LogP contribution in [0, 0.1) is 23.5 Å². The number of nitrogens with one attached hydrogen (secondary N) is 3. The molecule has 0 heterocycles. The van der Waals surface area contributed by atoms with E-state index in [-0.39, 0.29) is 24.3 Å². The van der Waals surface area contributed by atoms with Gasteiger partial charge in [-0.05, 0) is 48.6 Å². The van der Waals surface area contributed by atoms with Crippen molar-refractivity contribution < 1.29 is 23.2 Å². The average Bonchev–Trinajstić information content (AvgIpc) is 3.31. The van der Waals surface area contributed by atoms with Gasteiger partial charge in [0, 0.05) is 18.2 Å². The van der Waals surface area contributed by atoms with Crippen molar-refractivity contribution in [3.8, 4) is 0 Å². The second-order valence-electron chi connectivity index (χ2n) is 8.68. The van der Waals surface area contributed by atoms with Crippen LogP contribution in [-0.2, 0) is 16.1 Å². The molecule has 176 valence electrons. The summed E-state index contributed by atoms with van der Waals surface area (Å²) in [5.74, 6) is -3.72. The van der Waals surface area contributed by atoms with E-state index < -0.39 is 35.1 Å². The van der Waals surface area contributed by atoms with Crippen LogP contribution in [0.4, 0.5) is 14.5 Å². The Kier molecular flexibility index (Phi) is 8.14. The van der Waals surface area contributed by atoms with Gasteiger partial charge in [0.15, 0.2) is 0 Å². The van der Waals surface area contributed by atoms with Crippen LogP contribution in [0.15, 0.2) is 42.5 Å². The molecule has 2 aromatic carbocycles. The number of hydrogen-bond acceptors (Lipinski definition) is 3. The Balaban J connectivity index is 1.60. The molecule has 8 heteroatoms. The van der Waals surface area contributed by atoms with Crippen LogP contribution in [0.2, 0.25) is 0 Å². The molecular formula is C25H29F2N3O3. The minimum atomic E-state index is -0.994. The van der Waals surface area contributed by atoms with Crippen LogP contribution < -0.4 is 16.0 Å². The van der Waals surface area contributed by atoms with Crippen molar-refractivity contribution in [2.75, 3.05) is 5.32 Å². The van der Waals surface area contributed by atoms with Crippen LogP contribution in [0.1, 0.15) is 55.5 Å². The lowest BCUT2D eigenvalue weighted by Gasteiger charge is -2.22. The van der Waals surface area contributed by atoms with Crippen molar-refractivity contribution in [1.29, 1.82) is 0 Å². The number of carbonyl (C=O) groups is 3. The molecule has 1 aliphatic rings. The van der Waals surface area contributed by atoms with Gasteiger partial charge in [0.1, 0.15) is 23.2 Å². The van der Waals surface area contributed by atoms with Crippen molar-refractivity contribution >= 4 is 23.4 Å². The van der Waals surface area contributed by atoms with Gasteiger partial charge in [0.25, 0.3) is 5.91 Å². The predicted octanol–water partition coefficient (Wildman–Crippen LogP) is 4.16. The highest BCUT2D eigenvalue weighted by Crippen LogP contribution is 2.26. The maximum atomic E-state index is 13.9. The number of anilines is 1. The van der Waals surface area contributed by atoms with Gasteiger partial charge in [-0.25, -0.2) is 8.78 Å². The lowest BCUT2D eigenvalue weighted by molar-refractivity contribution is -0.124. The van der Waals surface area contributed by atoms with E-state index in [0.29, 0.717) is 5.69 Å². The highest BCUT2D eigenvalue weighted by atomic mass is 19.1. The summed E-state index contributed by atoms with van der Waals surface area (Å²) in [5.41, 5.74) is 0.700. The monoisotopic (exact) mass is 457 g/mol.